The summed E-state index contributed by atoms with van der Waals surface area (Å²) in [5, 5.41) is 5.51. The van der Waals surface area contributed by atoms with Crippen LogP contribution in [0.2, 0.25) is 0 Å². The Bertz CT molecular complexity index is 1130. The summed E-state index contributed by atoms with van der Waals surface area (Å²) in [6.45, 7) is 0.709. The first-order valence-corrected chi connectivity index (χ1v) is 9.88. The molecule has 6 nitrogen and oxygen atoms in total. The first-order valence-electron chi connectivity index (χ1n) is 9.88. The van der Waals surface area contributed by atoms with Gasteiger partial charge in [-0.1, -0.05) is 6.07 Å². The third kappa shape index (κ3) is 4.78. The van der Waals surface area contributed by atoms with Crippen LogP contribution in [0.1, 0.15) is 33.6 Å². The lowest BCUT2D eigenvalue weighted by Crippen LogP contribution is -2.23. The first kappa shape index (κ1) is 20.3. The number of halogens is 1. The Morgan fingerprint density at radius 2 is 1.48 bits per heavy atom. The van der Waals surface area contributed by atoms with Gasteiger partial charge in [0.1, 0.15) is 5.82 Å². The molecule has 1 aliphatic rings. The highest BCUT2D eigenvalue weighted by atomic mass is 19.1. The molecule has 1 saturated heterocycles. The summed E-state index contributed by atoms with van der Waals surface area (Å²) in [4.78, 5) is 38.5. The Hall–Kier alpha value is -4.00. The van der Waals surface area contributed by atoms with Crippen LogP contribution >= 0.6 is 0 Å². The second-order valence-corrected chi connectivity index (χ2v) is 7.19. The second-order valence-electron chi connectivity index (χ2n) is 7.19. The van der Waals surface area contributed by atoms with E-state index in [0.29, 0.717) is 35.5 Å². The zero-order valence-electron chi connectivity index (χ0n) is 16.6. The van der Waals surface area contributed by atoms with Gasteiger partial charge in [0, 0.05) is 41.2 Å². The van der Waals surface area contributed by atoms with E-state index < -0.39 is 11.7 Å². The number of hydrogen-bond acceptors (Lipinski definition) is 3. The maximum absolute atomic E-state index is 13.0. The number of nitrogens with zero attached hydrogens (tertiary/aromatic N) is 1. The van der Waals surface area contributed by atoms with Crippen molar-refractivity contribution in [1.82, 2.24) is 0 Å². The Kier molecular flexibility index (Phi) is 5.75. The van der Waals surface area contributed by atoms with Gasteiger partial charge < -0.3 is 15.5 Å². The van der Waals surface area contributed by atoms with Crippen LogP contribution in [0.5, 0.6) is 0 Å². The van der Waals surface area contributed by atoms with Crippen molar-refractivity contribution in [2.24, 2.45) is 0 Å². The predicted molar refractivity (Wildman–Crippen MR) is 117 cm³/mol. The number of anilines is 3. The average Bonchev–Trinajstić information content (AvgIpc) is 3.21. The van der Waals surface area contributed by atoms with Crippen LogP contribution in [-0.2, 0) is 4.79 Å². The van der Waals surface area contributed by atoms with E-state index in [1.54, 1.807) is 53.4 Å². The molecule has 0 radical (unpaired) electrons. The SMILES string of the molecule is O=C(Nc1cccc(C(=O)Nc2ccc(N3CCCC3=O)cc2)c1)c1ccc(F)cc1. The molecule has 31 heavy (non-hydrogen) atoms. The second kappa shape index (κ2) is 8.79. The van der Waals surface area contributed by atoms with Crippen molar-refractivity contribution in [2.75, 3.05) is 22.1 Å². The topological polar surface area (TPSA) is 78.5 Å². The normalized spacial score (nSPS) is 13.2. The molecule has 4 rings (SSSR count). The zero-order chi connectivity index (χ0) is 21.8. The van der Waals surface area contributed by atoms with E-state index >= 15 is 0 Å². The molecule has 7 heteroatoms. The minimum Gasteiger partial charge on any atom is -0.322 e. The minimum atomic E-state index is -0.421. The largest absolute Gasteiger partial charge is 0.322 e. The highest BCUT2D eigenvalue weighted by molar-refractivity contribution is 6.07. The van der Waals surface area contributed by atoms with Crippen LogP contribution in [0.3, 0.4) is 0 Å². The molecule has 3 amide bonds. The van der Waals surface area contributed by atoms with Gasteiger partial charge in [0.15, 0.2) is 0 Å². The maximum atomic E-state index is 13.0. The summed E-state index contributed by atoms with van der Waals surface area (Å²) in [7, 11) is 0. The van der Waals surface area contributed by atoms with Crippen molar-refractivity contribution in [2.45, 2.75) is 12.8 Å². The van der Waals surface area contributed by atoms with Crippen LogP contribution in [-0.4, -0.2) is 24.3 Å². The quantitative estimate of drug-likeness (QED) is 0.644. The number of rotatable bonds is 5. The van der Waals surface area contributed by atoms with E-state index in [-0.39, 0.29) is 11.8 Å². The minimum absolute atomic E-state index is 0.108. The molecule has 0 saturated carbocycles. The van der Waals surface area contributed by atoms with E-state index in [1.807, 2.05) is 0 Å². The molecule has 0 bridgehead atoms. The monoisotopic (exact) mass is 417 g/mol. The molecule has 1 heterocycles. The fourth-order valence-electron chi connectivity index (χ4n) is 3.39. The summed E-state index contributed by atoms with van der Waals surface area (Å²) in [6.07, 6.45) is 1.41. The van der Waals surface area contributed by atoms with Crippen molar-refractivity contribution < 1.29 is 18.8 Å². The third-order valence-electron chi connectivity index (χ3n) is 5.00. The molecule has 3 aromatic carbocycles. The maximum Gasteiger partial charge on any atom is 0.255 e. The van der Waals surface area contributed by atoms with Crippen molar-refractivity contribution in [3.63, 3.8) is 0 Å². The molecule has 1 fully saturated rings. The van der Waals surface area contributed by atoms with Crippen LogP contribution in [0.4, 0.5) is 21.5 Å². The predicted octanol–water partition coefficient (Wildman–Crippen LogP) is 4.46. The molecule has 2 N–H and O–H groups in total. The molecule has 3 aromatic rings. The van der Waals surface area contributed by atoms with Gasteiger partial charge >= 0.3 is 0 Å². The Labute approximate surface area is 178 Å². The van der Waals surface area contributed by atoms with Gasteiger partial charge in [0.2, 0.25) is 5.91 Å². The molecule has 0 aromatic heterocycles. The number of carbonyl (C=O) groups excluding carboxylic acids is 3. The van der Waals surface area contributed by atoms with Gasteiger partial charge in [-0.05, 0) is 73.2 Å². The molecule has 0 atom stereocenters. The Morgan fingerprint density at radius 3 is 2.16 bits per heavy atom. The van der Waals surface area contributed by atoms with Gasteiger partial charge in [0.25, 0.3) is 11.8 Å². The first-order chi connectivity index (χ1) is 15.0. The Balaban J connectivity index is 1.41. The van der Waals surface area contributed by atoms with E-state index in [9.17, 15) is 18.8 Å². The molecule has 1 aliphatic heterocycles. The number of benzene rings is 3. The summed E-state index contributed by atoms with van der Waals surface area (Å²) >= 11 is 0. The van der Waals surface area contributed by atoms with E-state index in [4.69, 9.17) is 0 Å². The van der Waals surface area contributed by atoms with Crippen molar-refractivity contribution in [3.05, 3.63) is 89.7 Å². The van der Waals surface area contributed by atoms with Crippen LogP contribution in [0.25, 0.3) is 0 Å². The van der Waals surface area contributed by atoms with Crippen LogP contribution in [0, 0.1) is 5.82 Å². The number of carbonyl (C=O) groups is 3. The molecule has 0 spiro atoms. The lowest BCUT2D eigenvalue weighted by atomic mass is 10.1. The van der Waals surface area contributed by atoms with Gasteiger partial charge in [-0.15, -0.1) is 0 Å². The molecule has 0 aliphatic carbocycles. The smallest absolute Gasteiger partial charge is 0.255 e. The fourth-order valence-corrected chi connectivity index (χ4v) is 3.39. The summed E-state index contributed by atoms with van der Waals surface area (Å²) in [5.74, 6) is -1.04. The van der Waals surface area contributed by atoms with Gasteiger partial charge in [-0.3, -0.25) is 14.4 Å². The van der Waals surface area contributed by atoms with E-state index in [0.717, 1.165) is 12.1 Å². The summed E-state index contributed by atoms with van der Waals surface area (Å²) in [5.41, 5.74) is 2.54. The Morgan fingerprint density at radius 1 is 0.806 bits per heavy atom. The number of hydrogen-bond donors (Lipinski definition) is 2. The fraction of sp³-hybridized carbons (Fsp3) is 0.125. The van der Waals surface area contributed by atoms with Crippen LogP contribution in [0.15, 0.2) is 72.8 Å². The summed E-state index contributed by atoms with van der Waals surface area (Å²) in [6, 6.07) is 18.8. The average molecular weight is 417 g/mol. The highest BCUT2D eigenvalue weighted by Gasteiger charge is 2.21. The lowest BCUT2D eigenvalue weighted by Gasteiger charge is -2.16. The summed E-state index contributed by atoms with van der Waals surface area (Å²) < 4.78 is 13.0. The number of amides is 3. The van der Waals surface area contributed by atoms with Gasteiger partial charge in [-0.25, -0.2) is 4.39 Å². The van der Waals surface area contributed by atoms with Gasteiger partial charge in [0.05, 0.1) is 0 Å². The molecule has 0 unspecified atom stereocenters. The molecular weight excluding hydrogens is 397 g/mol. The van der Waals surface area contributed by atoms with E-state index in [1.165, 1.54) is 24.3 Å². The zero-order valence-corrected chi connectivity index (χ0v) is 16.6. The number of nitrogens with one attached hydrogen (secondary N) is 2. The van der Waals surface area contributed by atoms with Gasteiger partial charge in [-0.2, -0.15) is 0 Å². The van der Waals surface area contributed by atoms with Crippen molar-refractivity contribution in [3.8, 4) is 0 Å². The van der Waals surface area contributed by atoms with Crippen LogP contribution < -0.4 is 15.5 Å². The molecular formula is C24H20FN3O3. The standard InChI is InChI=1S/C24H20FN3O3/c25-18-8-6-16(7-9-18)23(30)27-20-4-1-3-17(15-20)24(31)26-19-10-12-21(13-11-19)28-14-2-5-22(28)29/h1,3-4,6-13,15H,2,5,14H2,(H,26,31)(H,27,30). The molecule has 156 valence electrons. The lowest BCUT2D eigenvalue weighted by molar-refractivity contribution is -0.117. The van der Waals surface area contributed by atoms with E-state index in [2.05, 4.69) is 10.6 Å². The third-order valence-corrected chi connectivity index (χ3v) is 5.00. The van der Waals surface area contributed by atoms with Crippen molar-refractivity contribution in [1.29, 1.82) is 0 Å². The highest BCUT2D eigenvalue weighted by Crippen LogP contribution is 2.23. The van der Waals surface area contributed by atoms with Crippen molar-refractivity contribution >= 4 is 34.8 Å².